The van der Waals surface area contributed by atoms with Crippen LogP contribution in [0.5, 0.6) is 0 Å². The van der Waals surface area contributed by atoms with Crippen molar-refractivity contribution in [3.63, 3.8) is 0 Å². The van der Waals surface area contributed by atoms with Gasteiger partial charge in [0, 0.05) is 17.4 Å². The lowest BCUT2D eigenvalue weighted by molar-refractivity contribution is 0.241. The van der Waals surface area contributed by atoms with Crippen LogP contribution in [0.1, 0.15) is 75.7 Å². The molecule has 27 heavy (non-hydrogen) atoms. The van der Waals surface area contributed by atoms with Crippen molar-refractivity contribution in [1.82, 2.24) is 10.1 Å². The summed E-state index contributed by atoms with van der Waals surface area (Å²) in [6.07, 6.45) is 10.8. The van der Waals surface area contributed by atoms with E-state index in [-0.39, 0.29) is 17.7 Å². The van der Waals surface area contributed by atoms with Crippen molar-refractivity contribution >= 4 is 5.84 Å². The molecule has 1 heterocycles. The van der Waals surface area contributed by atoms with E-state index in [2.05, 4.69) is 46.5 Å². The van der Waals surface area contributed by atoms with Crippen LogP contribution in [0.4, 0.5) is 0 Å². The minimum absolute atomic E-state index is 0.0111. The van der Waals surface area contributed by atoms with Gasteiger partial charge in [-0.2, -0.15) is 4.98 Å². The van der Waals surface area contributed by atoms with Crippen LogP contribution < -0.4 is 5.73 Å². The Morgan fingerprint density at radius 3 is 2.56 bits per heavy atom. The molecule has 0 saturated heterocycles. The first-order valence-electron chi connectivity index (χ1n) is 10.1. The third kappa shape index (κ3) is 4.87. The van der Waals surface area contributed by atoms with E-state index in [1.165, 1.54) is 44.1 Å². The van der Waals surface area contributed by atoms with Crippen LogP contribution in [-0.4, -0.2) is 21.2 Å². The fraction of sp³-hybridized carbons (Fsp3) is 0.571. The van der Waals surface area contributed by atoms with Gasteiger partial charge in [0.25, 0.3) is 0 Å². The zero-order valence-electron chi connectivity index (χ0n) is 16.1. The Labute approximate surface area is 160 Å². The van der Waals surface area contributed by atoms with Crippen LogP contribution in [0.3, 0.4) is 0 Å². The average Bonchev–Trinajstić information content (AvgIpc) is 3.13. The molecule has 0 bridgehead atoms. The van der Waals surface area contributed by atoms with E-state index in [1.54, 1.807) is 0 Å². The van der Waals surface area contributed by atoms with Crippen molar-refractivity contribution in [3.05, 3.63) is 35.7 Å². The van der Waals surface area contributed by atoms with Crippen molar-refractivity contribution in [2.24, 2.45) is 16.8 Å². The lowest BCUT2D eigenvalue weighted by Gasteiger charge is -2.32. The smallest absolute Gasteiger partial charge is 0.230 e. The number of unbranched alkanes of at least 4 members (excludes halogenated alkanes) is 5. The van der Waals surface area contributed by atoms with E-state index in [0.29, 0.717) is 11.7 Å². The van der Waals surface area contributed by atoms with Gasteiger partial charge in [0.1, 0.15) is 5.84 Å². The van der Waals surface area contributed by atoms with Crippen LogP contribution in [0.2, 0.25) is 0 Å². The molecule has 1 aliphatic carbocycles. The average molecular weight is 370 g/mol. The lowest BCUT2D eigenvalue weighted by atomic mass is 9.73. The normalized spacial score (nSPS) is 19.8. The number of nitrogens with zero attached hydrogens (tertiary/aromatic N) is 3. The monoisotopic (exact) mass is 370 g/mol. The second-order valence-electron chi connectivity index (χ2n) is 7.49. The summed E-state index contributed by atoms with van der Waals surface area (Å²) in [7, 11) is 0. The molecule has 1 aliphatic rings. The van der Waals surface area contributed by atoms with Crippen LogP contribution in [0.25, 0.3) is 11.4 Å². The van der Waals surface area contributed by atoms with Gasteiger partial charge in [-0.05, 0) is 31.2 Å². The fourth-order valence-electron chi connectivity index (χ4n) is 3.66. The summed E-state index contributed by atoms with van der Waals surface area (Å²) in [6, 6.07) is 8.42. The number of aromatic nitrogens is 2. The summed E-state index contributed by atoms with van der Waals surface area (Å²) >= 11 is 0. The Morgan fingerprint density at radius 2 is 1.89 bits per heavy atom. The number of nitrogens with two attached hydrogens (primary N) is 1. The van der Waals surface area contributed by atoms with Gasteiger partial charge in [-0.3, -0.25) is 0 Å². The SMILES string of the molecule is CCCCCCCCc1ccc(-c2noc([C@@H]3CCC3/C(N)=N/O)n2)cc1. The molecule has 1 aromatic heterocycles. The highest BCUT2D eigenvalue weighted by atomic mass is 16.5. The summed E-state index contributed by atoms with van der Waals surface area (Å²) < 4.78 is 5.44. The lowest BCUT2D eigenvalue weighted by Crippen LogP contribution is -2.36. The number of oxime groups is 1. The first-order valence-corrected chi connectivity index (χ1v) is 10.1. The summed E-state index contributed by atoms with van der Waals surface area (Å²) in [4.78, 5) is 4.53. The van der Waals surface area contributed by atoms with Gasteiger partial charge in [0.05, 0.1) is 0 Å². The molecule has 2 aromatic rings. The molecule has 146 valence electrons. The number of hydrogen-bond acceptors (Lipinski definition) is 5. The molecule has 0 aliphatic heterocycles. The van der Waals surface area contributed by atoms with Crippen LogP contribution in [0, 0.1) is 5.92 Å². The van der Waals surface area contributed by atoms with E-state index in [4.69, 9.17) is 15.5 Å². The highest BCUT2D eigenvalue weighted by Crippen LogP contribution is 2.42. The summed E-state index contributed by atoms with van der Waals surface area (Å²) in [5.41, 5.74) is 8.03. The Balaban J connectivity index is 1.53. The van der Waals surface area contributed by atoms with Crippen LogP contribution >= 0.6 is 0 Å². The van der Waals surface area contributed by atoms with Crippen molar-refractivity contribution in [1.29, 1.82) is 0 Å². The second kappa shape index (κ2) is 9.53. The molecule has 0 amide bonds. The molecule has 2 atom stereocenters. The van der Waals surface area contributed by atoms with Crippen molar-refractivity contribution in [3.8, 4) is 11.4 Å². The van der Waals surface area contributed by atoms with Gasteiger partial charge in [0.2, 0.25) is 11.7 Å². The molecule has 1 saturated carbocycles. The van der Waals surface area contributed by atoms with E-state index in [1.807, 2.05) is 0 Å². The maximum absolute atomic E-state index is 8.86. The molecule has 6 heteroatoms. The van der Waals surface area contributed by atoms with Gasteiger partial charge in [-0.25, -0.2) is 0 Å². The quantitative estimate of drug-likeness (QED) is 0.204. The highest BCUT2D eigenvalue weighted by Gasteiger charge is 2.39. The van der Waals surface area contributed by atoms with E-state index < -0.39 is 0 Å². The van der Waals surface area contributed by atoms with Gasteiger partial charge in [-0.15, -0.1) is 0 Å². The maximum Gasteiger partial charge on any atom is 0.230 e. The molecular weight excluding hydrogens is 340 g/mol. The van der Waals surface area contributed by atoms with Gasteiger partial charge in [0.15, 0.2) is 0 Å². The number of amidine groups is 1. The Hall–Kier alpha value is -2.37. The van der Waals surface area contributed by atoms with Crippen LogP contribution in [0.15, 0.2) is 33.9 Å². The predicted molar refractivity (Wildman–Crippen MR) is 106 cm³/mol. The minimum Gasteiger partial charge on any atom is -0.409 e. The Bertz CT molecular complexity index is 739. The van der Waals surface area contributed by atoms with Crippen molar-refractivity contribution < 1.29 is 9.73 Å². The maximum atomic E-state index is 8.86. The highest BCUT2D eigenvalue weighted by molar-refractivity contribution is 5.84. The van der Waals surface area contributed by atoms with E-state index >= 15 is 0 Å². The standard InChI is InChI=1S/C21H30N4O2/c1-2-3-4-5-6-7-8-15-9-11-16(12-10-15)20-23-21(27-25-20)18-14-13-17(18)19(22)24-26/h9-12,17-18,26H,2-8,13-14H2,1H3,(H2,22,24)/t17?,18-/m1/s1. The third-order valence-electron chi connectivity index (χ3n) is 5.56. The Kier molecular flexibility index (Phi) is 6.85. The van der Waals surface area contributed by atoms with Crippen molar-refractivity contribution in [2.75, 3.05) is 0 Å². The third-order valence-corrected chi connectivity index (χ3v) is 5.56. The molecule has 1 fully saturated rings. The largest absolute Gasteiger partial charge is 0.409 e. The van der Waals surface area contributed by atoms with Crippen molar-refractivity contribution in [2.45, 2.75) is 70.6 Å². The minimum atomic E-state index is -0.0111. The van der Waals surface area contributed by atoms with Gasteiger partial charge >= 0.3 is 0 Å². The van der Waals surface area contributed by atoms with Gasteiger partial charge < -0.3 is 15.5 Å². The van der Waals surface area contributed by atoms with E-state index in [0.717, 1.165) is 24.8 Å². The molecule has 0 radical (unpaired) electrons. The first-order chi connectivity index (χ1) is 13.2. The second-order valence-corrected chi connectivity index (χ2v) is 7.49. The summed E-state index contributed by atoms with van der Waals surface area (Å²) in [6.45, 7) is 2.25. The molecule has 6 nitrogen and oxygen atoms in total. The number of aryl methyl sites for hydroxylation is 1. The predicted octanol–water partition coefficient (Wildman–Crippen LogP) is 4.88. The number of benzene rings is 1. The number of rotatable bonds is 10. The molecule has 3 rings (SSSR count). The molecular formula is C21H30N4O2. The van der Waals surface area contributed by atoms with Gasteiger partial charge in [-0.1, -0.05) is 73.6 Å². The van der Waals surface area contributed by atoms with Crippen LogP contribution in [-0.2, 0) is 6.42 Å². The molecule has 3 N–H and O–H groups in total. The zero-order chi connectivity index (χ0) is 19.1. The summed E-state index contributed by atoms with van der Waals surface area (Å²) in [5.74, 6) is 1.45. The molecule has 1 aromatic carbocycles. The summed E-state index contributed by atoms with van der Waals surface area (Å²) in [5, 5.41) is 16.1. The topological polar surface area (TPSA) is 97.5 Å². The number of hydrogen-bond donors (Lipinski definition) is 2. The first kappa shape index (κ1) is 19.4. The molecule has 1 unspecified atom stereocenters. The molecule has 0 spiro atoms. The fourth-order valence-corrected chi connectivity index (χ4v) is 3.66. The Morgan fingerprint density at radius 1 is 1.15 bits per heavy atom. The van der Waals surface area contributed by atoms with E-state index in [9.17, 15) is 0 Å². The zero-order valence-corrected chi connectivity index (χ0v) is 16.1.